The molecule has 144 valence electrons. The van der Waals surface area contributed by atoms with Crippen LogP contribution in [-0.2, 0) is 9.84 Å². The number of amides is 1. The summed E-state index contributed by atoms with van der Waals surface area (Å²) in [6.45, 7) is 3.27. The highest BCUT2D eigenvalue weighted by molar-refractivity contribution is 7.92. The zero-order valence-corrected chi connectivity index (χ0v) is 16.5. The maximum absolute atomic E-state index is 12.5. The van der Waals surface area contributed by atoms with E-state index in [9.17, 15) is 13.2 Å². The standard InChI is InChI=1S/C21H25NO4S/c1-15(2)27(24,25)20-12-10-16(11-13-20)21(23)22-17-6-5-9-19(14-17)26-18-7-3-4-8-18/h5-6,9-15,18H,3-4,7-8H2,1-2H3,(H,22,23). The van der Waals surface area contributed by atoms with Gasteiger partial charge in [0.2, 0.25) is 0 Å². The smallest absolute Gasteiger partial charge is 0.255 e. The molecule has 2 aromatic carbocycles. The van der Waals surface area contributed by atoms with Crippen molar-refractivity contribution in [3.63, 3.8) is 0 Å². The fraction of sp³-hybridized carbons (Fsp3) is 0.381. The second-order valence-corrected chi connectivity index (χ2v) is 9.63. The lowest BCUT2D eigenvalue weighted by atomic mass is 10.2. The average molecular weight is 388 g/mol. The van der Waals surface area contributed by atoms with E-state index in [1.165, 1.54) is 37.1 Å². The van der Waals surface area contributed by atoms with Gasteiger partial charge < -0.3 is 10.1 Å². The molecule has 0 atom stereocenters. The van der Waals surface area contributed by atoms with Crippen molar-refractivity contribution in [3.8, 4) is 5.75 Å². The van der Waals surface area contributed by atoms with Gasteiger partial charge in [-0.2, -0.15) is 0 Å². The molecule has 1 aliphatic rings. The Hall–Kier alpha value is -2.34. The molecule has 3 rings (SSSR count). The van der Waals surface area contributed by atoms with Gasteiger partial charge in [-0.15, -0.1) is 0 Å². The quantitative estimate of drug-likeness (QED) is 0.795. The number of anilines is 1. The van der Waals surface area contributed by atoms with Crippen LogP contribution in [0.15, 0.2) is 53.4 Å². The number of rotatable bonds is 6. The van der Waals surface area contributed by atoms with Gasteiger partial charge in [-0.3, -0.25) is 4.79 Å². The summed E-state index contributed by atoms with van der Waals surface area (Å²) in [6, 6.07) is 13.4. The summed E-state index contributed by atoms with van der Waals surface area (Å²) in [7, 11) is -3.34. The summed E-state index contributed by atoms with van der Waals surface area (Å²) >= 11 is 0. The van der Waals surface area contributed by atoms with Gasteiger partial charge in [-0.1, -0.05) is 6.07 Å². The van der Waals surface area contributed by atoms with E-state index in [4.69, 9.17) is 4.74 Å². The molecule has 0 spiro atoms. The molecule has 27 heavy (non-hydrogen) atoms. The second-order valence-electron chi connectivity index (χ2n) is 7.12. The third kappa shape index (κ3) is 4.69. The van der Waals surface area contributed by atoms with Gasteiger partial charge in [0.25, 0.3) is 5.91 Å². The minimum Gasteiger partial charge on any atom is -0.490 e. The Labute approximate surface area is 160 Å². The molecule has 0 heterocycles. The van der Waals surface area contributed by atoms with Crippen molar-refractivity contribution in [2.75, 3.05) is 5.32 Å². The molecule has 0 aromatic heterocycles. The van der Waals surface area contributed by atoms with E-state index < -0.39 is 15.1 Å². The Morgan fingerprint density at radius 3 is 2.37 bits per heavy atom. The van der Waals surface area contributed by atoms with Gasteiger partial charge in [0.1, 0.15) is 5.75 Å². The lowest BCUT2D eigenvalue weighted by Gasteiger charge is -2.14. The van der Waals surface area contributed by atoms with Crippen molar-refractivity contribution in [2.24, 2.45) is 0 Å². The number of carbonyl (C=O) groups excluding carboxylic acids is 1. The van der Waals surface area contributed by atoms with Gasteiger partial charge in [-0.25, -0.2) is 8.42 Å². The predicted molar refractivity (Wildman–Crippen MR) is 106 cm³/mol. The first kappa shape index (κ1) is 19.4. The van der Waals surface area contributed by atoms with Crippen LogP contribution in [-0.4, -0.2) is 25.7 Å². The molecular formula is C21H25NO4S. The van der Waals surface area contributed by atoms with E-state index in [0.717, 1.165) is 18.6 Å². The fourth-order valence-corrected chi connectivity index (χ4v) is 4.18. The highest BCUT2D eigenvalue weighted by Gasteiger charge is 2.20. The van der Waals surface area contributed by atoms with Crippen molar-refractivity contribution in [1.29, 1.82) is 0 Å². The maximum Gasteiger partial charge on any atom is 0.255 e. The molecule has 1 fully saturated rings. The van der Waals surface area contributed by atoms with Crippen LogP contribution < -0.4 is 10.1 Å². The number of benzene rings is 2. The van der Waals surface area contributed by atoms with E-state index in [0.29, 0.717) is 11.3 Å². The highest BCUT2D eigenvalue weighted by Crippen LogP contribution is 2.26. The molecule has 0 bridgehead atoms. The predicted octanol–water partition coefficient (Wildman–Crippen LogP) is 4.44. The maximum atomic E-state index is 12.5. The Kier molecular flexibility index (Phi) is 5.85. The van der Waals surface area contributed by atoms with Crippen LogP contribution in [0.5, 0.6) is 5.75 Å². The molecule has 1 amide bonds. The van der Waals surface area contributed by atoms with Crippen LogP contribution in [0.3, 0.4) is 0 Å². The van der Waals surface area contributed by atoms with E-state index in [-0.39, 0.29) is 16.9 Å². The van der Waals surface area contributed by atoms with Crippen molar-refractivity contribution >= 4 is 21.4 Å². The van der Waals surface area contributed by atoms with Crippen molar-refractivity contribution in [2.45, 2.75) is 55.8 Å². The summed E-state index contributed by atoms with van der Waals surface area (Å²) in [5, 5.41) is 2.34. The topological polar surface area (TPSA) is 72.5 Å². The van der Waals surface area contributed by atoms with E-state index in [2.05, 4.69) is 5.32 Å². The van der Waals surface area contributed by atoms with Crippen molar-refractivity contribution in [1.82, 2.24) is 0 Å². The Bertz CT molecular complexity index is 898. The van der Waals surface area contributed by atoms with Gasteiger partial charge in [0.15, 0.2) is 9.84 Å². The van der Waals surface area contributed by atoms with Crippen LogP contribution in [0.1, 0.15) is 49.9 Å². The normalized spacial score (nSPS) is 15.1. The molecule has 6 heteroatoms. The first-order chi connectivity index (χ1) is 12.9. The SMILES string of the molecule is CC(C)S(=O)(=O)c1ccc(C(=O)Nc2cccc(OC3CCCC3)c2)cc1. The van der Waals surface area contributed by atoms with Gasteiger partial charge in [0, 0.05) is 17.3 Å². The first-order valence-corrected chi connectivity index (χ1v) is 10.8. The summed E-state index contributed by atoms with van der Waals surface area (Å²) in [4.78, 5) is 12.7. The number of hydrogen-bond donors (Lipinski definition) is 1. The molecule has 1 aliphatic carbocycles. The number of nitrogens with one attached hydrogen (secondary N) is 1. The van der Waals surface area contributed by atoms with Crippen LogP contribution in [0.2, 0.25) is 0 Å². The average Bonchev–Trinajstić information content (AvgIpc) is 3.15. The minimum atomic E-state index is -3.34. The molecule has 0 radical (unpaired) electrons. The number of sulfone groups is 1. The van der Waals surface area contributed by atoms with Crippen LogP contribution in [0.4, 0.5) is 5.69 Å². The van der Waals surface area contributed by atoms with Crippen molar-refractivity contribution in [3.05, 3.63) is 54.1 Å². The summed E-state index contributed by atoms with van der Waals surface area (Å²) in [6.07, 6.45) is 4.80. The molecular weight excluding hydrogens is 362 g/mol. The fourth-order valence-electron chi connectivity index (χ4n) is 3.12. The zero-order chi connectivity index (χ0) is 19.4. The van der Waals surface area contributed by atoms with Gasteiger partial charge >= 0.3 is 0 Å². The molecule has 0 aliphatic heterocycles. The molecule has 0 saturated heterocycles. The number of hydrogen-bond acceptors (Lipinski definition) is 4. The van der Waals surface area contributed by atoms with Crippen LogP contribution in [0, 0.1) is 0 Å². The highest BCUT2D eigenvalue weighted by atomic mass is 32.2. The van der Waals surface area contributed by atoms with Gasteiger partial charge in [0.05, 0.1) is 16.2 Å². The van der Waals surface area contributed by atoms with E-state index in [1.54, 1.807) is 19.9 Å². The molecule has 5 nitrogen and oxygen atoms in total. The number of carbonyl (C=O) groups is 1. The summed E-state index contributed by atoms with van der Waals surface area (Å²) < 4.78 is 30.3. The zero-order valence-electron chi connectivity index (χ0n) is 15.6. The molecule has 2 aromatic rings. The molecule has 1 N–H and O–H groups in total. The van der Waals surface area contributed by atoms with E-state index in [1.807, 2.05) is 18.2 Å². The molecule has 1 saturated carbocycles. The third-order valence-corrected chi connectivity index (χ3v) is 6.93. The summed E-state index contributed by atoms with van der Waals surface area (Å²) in [5.74, 6) is 0.458. The largest absolute Gasteiger partial charge is 0.490 e. The summed E-state index contributed by atoms with van der Waals surface area (Å²) in [5.41, 5.74) is 1.05. The lowest BCUT2D eigenvalue weighted by Crippen LogP contribution is -2.15. The Morgan fingerprint density at radius 2 is 1.74 bits per heavy atom. The second kappa shape index (κ2) is 8.13. The molecule has 0 unspecified atom stereocenters. The van der Waals surface area contributed by atoms with Crippen LogP contribution >= 0.6 is 0 Å². The monoisotopic (exact) mass is 387 g/mol. The van der Waals surface area contributed by atoms with E-state index >= 15 is 0 Å². The van der Waals surface area contributed by atoms with Gasteiger partial charge in [-0.05, 0) is 75.9 Å². The Balaban J connectivity index is 1.68. The van der Waals surface area contributed by atoms with Crippen molar-refractivity contribution < 1.29 is 17.9 Å². The minimum absolute atomic E-state index is 0.223. The lowest BCUT2D eigenvalue weighted by molar-refractivity contribution is 0.102. The Morgan fingerprint density at radius 1 is 1.07 bits per heavy atom. The third-order valence-electron chi connectivity index (χ3n) is 4.76. The number of ether oxygens (including phenoxy) is 1. The van der Waals surface area contributed by atoms with Crippen LogP contribution in [0.25, 0.3) is 0 Å². The first-order valence-electron chi connectivity index (χ1n) is 9.28.